The highest BCUT2D eigenvalue weighted by molar-refractivity contribution is 5.98. The van der Waals surface area contributed by atoms with Gasteiger partial charge in [-0.1, -0.05) is 18.7 Å². The van der Waals surface area contributed by atoms with Crippen LogP contribution in [0.15, 0.2) is 53.9 Å². The van der Waals surface area contributed by atoms with E-state index in [1.165, 1.54) is 47.9 Å². The van der Waals surface area contributed by atoms with Crippen molar-refractivity contribution < 1.29 is 0 Å². The summed E-state index contributed by atoms with van der Waals surface area (Å²) in [5, 5.41) is 5.84. The fraction of sp³-hybridized carbons (Fsp3) is 0.417. The topological polar surface area (TPSA) is 40.5 Å². The number of benzene rings is 1. The van der Waals surface area contributed by atoms with E-state index in [2.05, 4.69) is 72.1 Å². The Bertz CT molecular complexity index is 946. The number of rotatable bonds is 5. The number of fused-ring (bicyclic) bond motifs is 1. The summed E-state index contributed by atoms with van der Waals surface area (Å²) in [7, 11) is 4.36. The molecular weight excluding hydrogens is 344 g/mol. The maximum atomic E-state index is 4.61. The quantitative estimate of drug-likeness (QED) is 0.753. The van der Waals surface area contributed by atoms with Crippen LogP contribution in [0.25, 0.3) is 16.3 Å². The zero-order chi connectivity index (χ0) is 19.7. The van der Waals surface area contributed by atoms with Crippen molar-refractivity contribution in [1.82, 2.24) is 9.88 Å². The van der Waals surface area contributed by atoms with Crippen molar-refractivity contribution in [3.05, 3.63) is 54.5 Å². The number of nitrogens with one attached hydrogen (secondary N) is 1. The molecule has 4 nitrogen and oxygen atoms in total. The number of hydrogen-bond donors (Lipinski definition) is 1. The van der Waals surface area contributed by atoms with Gasteiger partial charge in [0.05, 0.1) is 0 Å². The van der Waals surface area contributed by atoms with Gasteiger partial charge in [0.1, 0.15) is 5.82 Å². The molecular formula is C24H30N4. The van der Waals surface area contributed by atoms with Gasteiger partial charge in [-0.25, -0.2) is 4.98 Å². The molecule has 2 aliphatic rings. The molecule has 4 rings (SSSR count). The van der Waals surface area contributed by atoms with Crippen LogP contribution in [0.5, 0.6) is 0 Å². The smallest absolute Gasteiger partial charge is 0.130 e. The number of hydrogen-bond acceptors (Lipinski definition) is 4. The molecule has 0 atom stereocenters. The van der Waals surface area contributed by atoms with Gasteiger partial charge in [0.2, 0.25) is 0 Å². The van der Waals surface area contributed by atoms with E-state index in [1.807, 2.05) is 12.4 Å². The summed E-state index contributed by atoms with van der Waals surface area (Å²) in [5.41, 5.74) is 4.80. The first-order valence-electron chi connectivity index (χ1n) is 10.2. The third-order valence-corrected chi connectivity index (χ3v) is 6.19. The minimum atomic E-state index is 0.531. The van der Waals surface area contributed by atoms with Crippen molar-refractivity contribution in [3.63, 3.8) is 0 Å². The Balaban J connectivity index is 1.46. The summed E-state index contributed by atoms with van der Waals surface area (Å²) in [4.78, 5) is 11.4. The van der Waals surface area contributed by atoms with Crippen LogP contribution in [-0.4, -0.2) is 35.7 Å². The van der Waals surface area contributed by atoms with Gasteiger partial charge in [-0.05, 0) is 81.3 Å². The molecule has 0 spiro atoms. The molecule has 4 heteroatoms. The minimum Gasteiger partial charge on any atom is -0.344 e. The van der Waals surface area contributed by atoms with Crippen molar-refractivity contribution >= 4 is 27.9 Å². The minimum absolute atomic E-state index is 0.531. The lowest BCUT2D eigenvalue weighted by molar-refractivity contribution is 0.206. The number of pyridine rings is 1. The average Bonchev–Trinajstić information content (AvgIpc) is 3.14. The summed E-state index contributed by atoms with van der Waals surface area (Å²) in [5.74, 6) is 1.42. The number of aliphatic imine (C=N–C) groups is 1. The Labute approximate surface area is 168 Å². The van der Waals surface area contributed by atoms with Crippen LogP contribution in [0, 0.1) is 5.92 Å². The summed E-state index contributed by atoms with van der Waals surface area (Å²) >= 11 is 0. The molecule has 0 radical (unpaired) electrons. The molecule has 0 saturated heterocycles. The molecule has 1 aromatic heterocycles. The molecule has 1 N–H and O–H groups in total. The van der Waals surface area contributed by atoms with E-state index >= 15 is 0 Å². The third kappa shape index (κ3) is 4.02. The predicted molar refractivity (Wildman–Crippen MR) is 120 cm³/mol. The Morgan fingerprint density at radius 2 is 1.89 bits per heavy atom. The molecule has 1 fully saturated rings. The zero-order valence-electron chi connectivity index (χ0n) is 17.2. The van der Waals surface area contributed by atoms with Crippen LogP contribution in [0.4, 0.5) is 5.82 Å². The van der Waals surface area contributed by atoms with E-state index in [-0.39, 0.29) is 0 Å². The van der Waals surface area contributed by atoms with Crippen molar-refractivity contribution in [2.75, 3.05) is 19.4 Å². The molecule has 28 heavy (non-hydrogen) atoms. The van der Waals surface area contributed by atoms with Gasteiger partial charge in [0, 0.05) is 41.7 Å². The molecule has 0 amide bonds. The van der Waals surface area contributed by atoms with Crippen LogP contribution in [-0.2, 0) is 0 Å². The van der Waals surface area contributed by atoms with Gasteiger partial charge < -0.3 is 10.2 Å². The molecule has 1 aliphatic heterocycles. The van der Waals surface area contributed by atoms with E-state index in [0.29, 0.717) is 12.0 Å². The molecule has 0 unspecified atom stereocenters. The van der Waals surface area contributed by atoms with Crippen LogP contribution >= 0.6 is 0 Å². The normalized spacial score (nSPS) is 22.3. The summed E-state index contributed by atoms with van der Waals surface area (Å²) in [6.07, 6.45) is 9.74. The van der Waals surface area contributed by atoms with Crippen LogP contribution in [0.3, 0.4) is 0 Å². The molecule has 1 aromatic carbocycles. The van der Waals surface area contributed by atoms with Gasteiger partial charge in [-0.3, -0.25) is 4.99 Å². The first kappa shape index (κ1) is 18.9. The standard InChI is InChI=1S/C24H30N4/c1-16-11-22(15-25-16)19-5-6-20-14-26-24(13-21(20)12-19)27-17(2)18-7-9-23(10-8-18)28(3)4/h5-6,12-15,18,23H,2,7-11H2,1,3-4H3,(H,26,27). The van der Waals surface area contributed by atoms with E-state index in [1.54, 1.807) is 0 Å². The summed E-state index contributed by atoms with van der Waals surface area (Å²) in [6.45, 7) is 6.40. The van der Waals surface area contributed by atoms with E-state index in [0.717, 1.165) is 23.3 Å². The van der Waals surface area contributed by atoms with Crippen LogP contribution in [0.2, 0.25) is 0 Å². The lowest BCUT2D eigenvalue weighted by Gasteiger charge is -2.33. The molecule has 2 heterocycles. The summed E-state index contributed by atoms with van der Waals surface area (Å²) in [6, 6.07) is 9.40. The zero-order valence-corrected chi connectivity index (χ0v) is 17.2. The van der Waals surface area contributed by atoms with Gasteiger partial charge in [-0.2, -0.15) is 0 Å². The molecule has 146 valence electrons. The molecule has 0 bridgehead atoms. The highest BCUT2D eigenvalue weighted by Crippen LogP contribution is 2.32. The SMILES string of the molecule is C=C(Nc1cc2cc(C3=CN=C(C)C3)ccc2cn1)C1CCC(N(C)C)CC1. The average molecular weight is 375 g/mol. The largest absolute Gasteiger partial charge is 0.344 e. The molecule has 1 saturated carbocycles. The van der Waals surface area contributed by atoms with Gasteiger partial charge in [0.25, 0.3) is 0 Å². The van der Waals surface area contributed by atoms with Crippen molar-refractivity contribution in [1.29, 1.82) is 0 Å². The Hall–Kier alpha value is -2.46. The predicted octanol–water partition coefficient (Wildman–Crippen LogP) is 5.49. The Morgan fingerprint density at radius 3 is 2.57 bits per heavy atom. The van der Waals surface area contributed by atoms with E-state index < -0.39 is 0 Å². The van der Waals surface area contributed by atoms with E-state index in [4.69, 9.17) is 0 Å². The van der Waals surface area contributed by atoms with Gasteiger partial charge in [0.15, 0.2) is 0 Å². The maximum Gasteiger partial charge on any atom is 0.130 e. The second-order valence-corrected chi connectivity index (χ2v) is 8.45. The van der Waals surface area contributed by atoms with Crippen LogP contribution in [0.1, 0.15) is 44.6 Å². The van der Waals surface area contributed by atoms with E-state index in [9.17, 15) is 0 Å². The number of anilines is 1. The first-order valence-corrected chi connectivity index (χ1v) is 10.2. The fourth-order valence-corrected chi connectivity index (χ4v) is 4.35. The Morgan fingerprint density at radius 1 is 1.11 bits per heavy atom. The fourth-order valence-electron chi connectivity index (χ4n) is 4.35. The molecule has 1 aliphatic carbocycles. The van der Waals surface area contributed by atoms with Crippen LogP contribution < -0.4 is 5.32 Å². The molecule has 2 aromatic rings. The monoisotopic (exact) mass is 374 g/mol. The summed E-state index contributed by atoms with van der Waals surface area (Å²) < 4.78 is 0. The van der Waals surface area contributed by atoms with Gasteiger partial charge in [-0.15, -0.1) is 0 Å². The highest BCUT2D eigenvalue weighted by Gasteiger charge is 2.24. The third-order valence-electron chi connectivity index (χ3n) is 6.19. The second kappa shape index (κ2) is 7.88. The van der Waals surface area contributed by atoms with Crippen molar-refractivity contribution in [2.45, 2.75) is 45.1 Å². The maximum absolute atomic E-state index is 4.61. The lowest BCUT2D eigenvalue weighted by Crippen LogP contribution is -2.33. The lowest BCUT2D eigenvalue weighted by atomic mass is 9.84. The number of nitrogens with zero attached hydrogens (tertiary/aromatic N) is 3. The number of allylic oxidation sites excluding steroid dienone is 2. The first-order chi connectivity index (χ1) is 13.5. The Kier molecular flexibility index (Phi) is 5.31. The highest BCUT2D eigenvalue weighted by atomic mass is 15.1. The second-order valence-electron chi connectivity index (χ2n) is 8.45. The number of aromatic nitrogens is 1. The van der Waals surface area contributed by atoms with Crippen molar-refractivity contribution in [3.8, 4) is 0 Å². The van der Waals surface area contributed by atoms with Crippen molar-refractivity contribution in [2.24, 2.45) is 10.9 Å². The van der Waals surface area contributed by atoms with Gasteiger partial charge >= 0.3 is 0 Å².